The number of rotatable bonds is 9. The highest BCUT2D eigenvalue weighted by molar-refractivity contribution is 5.94. The van der Waals surface area contributed by atoms with Crippen molar-refractivity contribution in [3.63, 3.8) is 0 Å². The Hall–Kier alpha value is -3.09. The number of benzene rings is 1. The van der Waals surface area contributed by atoms with Gasteiger partial charge in [0.2, 0.25) is 0 Å². The summed E-state index contributed by atoms with van der Waals surface area (Å²) >= 11 is 0. The second-order valence-corrected chi connectivity index (χ2v) is 5.49. The van der Waals surface area contributed by atoms with Crippen LogP contribution in [0.2, 0.25) is 0 Å². The van der Waals surface area contributed by atoms with E-state index in [4.69, 9.17) is 14.6 Å². The minimum Gasteiger partial charge on any atom is -0.493 e. The lowest BCUT2D eigenvalue weighted by atomic mass is 10.1. The molecule has 0 saturated carbocycles. The van der Waals surface area contributed by atoms with Crippen LogP contribution in [0.25, 0.3) is 0 Å². The average molecular weight is 358 g/mol. The lowest BCUT2D eigenvalue weighted by Gasteiger charge is -2.11. The fraction of sp³-hybridized carbons (Fsp3) is 0.316. The lowest BCUT2D eigenvalue weighted by molar-refractivity contribution is 0.0690. The van der Waals surface area contributed by atoms with Crippen LogP contribution in [0.15, 0.2) is 36.4 Å². The van der Waals surface area contributed by atoms with E-state index >= 15 is 0 Å². The number of carboxylic acid groups (broad SMARTS) is 1. The van der Waals surface area contributed by atoms with Gasteiger partial charge in [0.1, 0.15) is 11.4 Å². The van der Waals surface area contributed by atoms with Gasteiger partial charge in [-0.3, -0.25) is 4.79 Å². The molecule has 0 aliphatic rings. The maximum Gasteiger partial charge on any atom is 0.354 e. The molecule has 7 nitrogen and oxygen atoms in total. The number of amides is 1. The fourth-order valence-corrected chi connectivity index (χ4v) is 2.41. The molecule has 0 aliphatic heterocycles. The largest absolute Gasteiger partial charge is 0.493 e. The number of methoxy groups -OCH3 is 1. The Kier molecular flexibility index (Phi) is 6.96. The summed E-state index contributed by atoms with van der Waals surface area (Å²) in [6, 6.07) is 10.1. The van der Waals surface area contributed by atoms with Gasteiger partial charge < -0.3 is 19.9 Å². The third-order valence-corrected chi connectivity index (χ3v) is 3.66. The number of nitrogens with zero attached hydrogens (tertiary/aromatic N) is 1. The maximum absolute atomic E-state index is 12.1. The first kappa shape index (κ1) is 19.2. The van der Waals surface area contributed by atoms with Crippen molar-refractivity contribution in [3.05, 3.63) is 53.3 Å². The van der Waals surface area contributed by atoms with Crippen LogP contribution in [0.5, 0.6) is 11.5 Å². The Morgan fingerprint density at radius 3 is 2.62 bits per heavy atom. The number of hydrogen-bond acceptors (Lipinski definition) is 5. The third kappa shape index (κ3) is 5.20. The van der Waals surface area contributed by atoms with Crippen LogP contribution in [-0.2, 0) is 6.42 Å². The number of aryl methyl sites for hydroxylation is 1. The molecule has 1 amide bonds. The van der Waals surface area contributed by atoms with Gasteiger partial charge in [-0.05, 0) is 49.6 Å². The second kappa shape index (κ2) is 9.41. The number of nitrogens with one attached hydrogen (secondary N) is 1. The molecule has 0 atom stereocenters. The molecule has 7 heteroatoms. The van der Waals surface area contributed by atoms with Crippen molar-refractivity contribution in [3.8, 4) is 11.5 Å². The highest BCUT2D eigenvalue weighted by Crippen LogP contribution is 2.28. The van der Waals surface area contributed by atoms with Crippen LogP contribution in [0.3, 0.4) is 0 Å². The van der Waals surface area contributed by atoms with Crippen molar-refractivity contribution in [1.82, 2.24) is 10.3 Å². The van der Waals surface area contributed by atoms with E-state index in [1.165, 1.54) is 18.2 Å². The summed E-state index contributed by atoms with van der Waals surface area (Å²) in [5.41, 5.74) is 1.02. The predicted octanol–water partition coefficient (Wildman–Crippen LogP) is 2.55. The van der Waals surface area contributed by atoms with Gasteiger partial charge in [0.25, 0.3) is 5.91 Å². The van der Waals surface area contributed by atoms with Crippen molar-refractivity contribution in [1.29, 1.82) is 0 Å². The zero-order chi connectivity index (χ0) is 18.9. The Bertz CT molecular complexity index is 776. The van der Waals surface area contributed by atoms with Gasteiger partial charge in [-0.15, -0.1) is 0 Å². The van der Waals surface area contributed by atoms with E-state index in [1.807, 2.05) is 25.1 Å². The van der Waals surface area contributed by atoms with Crippen LogP contribution in [0.1, 0.15) is 39.9 Å². The number of hydrogen-bond donors (Lipinski definition) is 2. The molecule has 2 N–H and O–H groups in total. The molecular weight excluding hydrogens is 336 g/mol. The Morgan fingerprint density at radius 1 is 1.15 bits per heavy atom. The van der Waals surface area contributed by atoms with Gasteiger partial charge in [-0.2, -0.15) is 0 Å². The zero-order valence-electron chi connectivity index (χ0n) is 14.8. The third-order valence-electron chi connectivity index (χ3n) is 3.66. The molecule has 2 rings (SSSR count). The first-order chi connectivity index (χ1) is 12.5. The highest BCUT2D eigenvalue weighted by atomic mass is 16.5. The SMILES string of the molecule is CCOc1cc(CCCNC(=O)c2cccc(C(=O)O)n2)ccc1OC. The minimum absolute atomic E-state index is 0.0907. The van der Waals surface area contributed by atoms with Crippen LogP contribution < -0.4 is 14.8 Å². The van der Waals surface area contributed by atoms with Crippen LogP contribution in [-0.4, -0.2) is 42.2 Å². The molecule has 0 aliphatic carbocycles. The summed E-state index contributed by atoms with van der Waals surface area (Å²) in [6.07, 6.45) is 1.48. The van der Waals surface area contributed by atoms with Gasteiger partial charge in [0.15, 0.2) is 11.5 Å². The van der Waals surface area contributed by atoms with Crippen molar-refractivity contribution >= 4 is 11.9 Å². The van der Waals surface area contributed by atoms with Crippen molar-refractivity contribution < 1.29 is 24.2 Å². The molecule has 0 radical (unpaired) electrons. The second-order valence-electron chi connectivity index (χ2n) is 5.49. The van der Waals surface area contributed by atoms with Crippen LogP contribution in [0.4, 0.5) is 0 Å². The van der Waals surface area contributed by atoms with Crippen molar-refractivity contribution in [2.45, 2.75) is 19.8 Å². The summed E-state index contributed by atoms with van der Waals surface area (Å²) < 4.78 is 10.8. The smallest absolute Gasteiger partial charge is 0.354 e. The Morgan fingerprint density at radius 2 is 1.92 bits per heavy atom. The normalized spacial score (nSPS) is 10.2. The molecule has 1 aromatic heterocycles. The molecule has 0 fully saturated rings. The first-order valence-electron chi connectivity index (χ1n) is 8.33. The monoisotopic (exact) mass is 358 g/mol. The summed E-state index contributed by atoms with van der Waals surface area (Å²) in [5, 5.41) is 11.7. The predicted molar refractivity (Wildman–Crippen MR) is 96.0 cm³/mol. The molecule has 0 saturated heterocycles. The number of carboxylic acids is 1. The summed E-state index contributed by atoms with van der Waals surface area (Å²) in [7, 11) is 1.60. The maximum atomic E-state index is 12.1. The topological polar surface area (TPSA) is 97.8 Å². The number of aromatic carboxylic acids is 1. The first-order valence-corrected chi connectivity index (χ1v) is 8.33. The molecule has 1 aromatic carbocycles. The minimum atomic E-state index is -1.16. The Labute approximate surface area is 152 Å². The Balaban J connectivity index is 1.86. The van der Waals surface area contributed by atoms with Gasteiger partial charge in [-0.1, -0.05) is 12.1 Å². The number of pyridine rings is 1. The van der Waals surface area contributed by atoms with E-state index in [0.29, 0.717) is 24.7 Å². The number of carbonyl (C=O) groups excluding carboxylic acids is 1. The highest BCUT2D eigenvalue weighted by Gasteiger charge is 2.11. The van der Waals surface area contributed by atoms with E-state index < -0.39 is 11.9 Å². The molecule has 0 bridgehead atoms. The molecule has 2 aromatic rings. The molecule has 138 valence electrons. The van der Waals surface area contributed by atoms with Crippen molar-refractivity contribution in [2.75, 3.05) is 20.3 Å². The van der Waals surface area contributed by atoms with Crippen LogP contribution in [0, 0.1) is 0 Å². The lowest BCUT2D eigenvalue weighted by Crippen LogP contribution is -2.26. The number of ether oxygens (including phenoxy) is 2. The number of carbonyl (C=O) groups is 2. The molecule has 26 heavy (non-hydrogen) atoms. The quantitative estimate of drug-likeness (QED) is 0.669. The standard InChI is InChI=1S/C19H22N2O5/c1-3-26-17-12-13(9-10-16(17)25-2)6-5-11-20-18(22)14-7-4-8-15(21-14)19(23)24/h4,7-10,12H,3,5-6,11H2,1-2H3,(H,20,22)(H,23,24). The van der Waals surface area contributed by atoms with Crippen LogP contribution >= 0.6 is 0 Å². The molecule has 1 heterocycles. The van der Waals surface area contributed by atoms with Gasteiger partial charge >= 0.3 is 5.97 Å². The van der Waals surface area contributed by atoms with Crippen molar-refractivity contribution in [2.24, 2.45) is 0 Å². The van der Waals surface area contributed by atoms with Gasteiger partial charge in [0.05, 0.1) is 13.7 Å². The molecule has 0 spiro atoms. The summed E-state index contributed by atoms with van der Waals surface area (Å²) in [6.45, 7) is 2.92. The van der Waals surface area contributed by atoms with E-state index in [-0.39, 0.29) is 11.4 Å². The van der Waals surface area contributed by atoms with E-state index in [2.05, 4.69) is 10.3 Å². The molecular formula is C19H22N2O5. The summed E-state index contributed by atoms with van der Waals surface area (Å²) in [4.78, 5) is 26.8. The van der Waals surface area contributed by atoms with E-state index in [1.54, 1.807) is 7.11 Å². The van der Waals surface area contributed by atoms with E-state index in [9.17, 15) is 9.59 Å². The summed E-state index contributed by atoms with van der Waals surface area (Å²) in [5.74, 6) is -0.165. The zero-order valence-corrected chi connectivity index (χ0v) is 14.8. The van der Waals surface area contributed by atoms with Gasteiger partial charge in [-0.25, -0.2) is 9.78 Å². The fourth-order valence-electron chi connectivity index (χ4n) is 2.41. The average Bonchev–Trinajstić information content (AvgIpc) is 2.65. The van der Waals surface area contributed by atoms with Gasteiger partial charge in [0, 0.05) is 6.54 Å². The molecule has 0 unspecified atom stereocenters. The number of aromatic nitrogens is 1. The van der Waals surface area contributed by atoms with E-state index in [0.717, 1.165) is 18.4 Å².